The summed E-state index contributed by atoms with van der Waals surface area (Å²) < 4.78 is 0. The lowest BCUT2D eigenvalue weighted by Crippen LogP contribution is -2.01. The Morgan fingerprint density at radius 1 is 1.00 bits per heavy atom. The number of thioether (sulfide) groups is 1. The average molecular weight is 221 g/mol. The Labute approximate surface area is 96.4 Å². The number of nitrogens with two attached hydrogens (primary N) is 1. The van der Waals surface area contributed by atoms with Gasteiger partial charge in [-0.05, 0) is 25.0 Å². The van der Waals surface area contributed by atoms with Crippen LogP contribution in [0.15, 0.2) is 29.2 Å². The lowest BCUT2D eigenvalue weighted by atomic mass is 10.2. The number of para-hydroxylation sites is 1. The molecule has 2 rings (SSSR count). The van der Waals surface area contributed by atoms with E-state index >= 15 is 0 Å². The number of benzene rings is 1. The van der Waals surface area contributed by atoms with Crippen LogP contribution in [0.5, 0.6) is 0 Å². The molecule has 0 aromatic heterocycles. The molecule has 1 nitrogen and oxygen atoms in total. The molecule has 1 aliphatic carbocycles. The van der Waals surface area contributed by atoms with Gasteiger partial charge >= 0.3 is 0 Å². The van der Waals surface area contributed by atoms with E-state index < -0.39 is 0 Å². The molecule has 0 bridgehead atoms. The molecule has 0 amide bonds. The van der Waals surface area contributed by atoms with Gasteiger partial charge in [-0.1, -0.05) is 37.8 Å². The predicted octanol–water partition coefficient (Wildman–Crippen LogP) is 4.08. The van der Waals surface area contributed by atoms with Gasteiger partial charge in [0.2, 0.25) is 0 Å². The summed E-state index contributed by atoms with van der Waals surface area (Å²) in [4.78, 5) is 1.27. The maximum Gasteiger partial charge on any atom is 0.0452 e. The highest BCUT2D eigenvalue weighted by Crippen LogP contribution is 2.35. The van der Waals surface area contributed by atoms with Crippen LogP contribution in [-0.4, -0.2) is 5.25 Å². The summed E-state index contributed by atoms with van der Waals surface area (Å²) in [6, 6.07) is 8.23. The van der Waals surface area contributed by atoms with Crippen molar-refractivity contribution in [3.63, 3.8) is 0 Å². The molecule has 82 valence electrons. The van der Waals surface area contributed by atoms with Crippen LogP contribution in [0.25, 0.3) is 0 Å². The topological polar surface area (TPSA) is 26.0 Å². The second-order valence-electron chi connectivity index (χ2n) is 4.27. The van der Waals surface area contributed by atoms with Crippen molar-refractivity contribution in [1.29, 1.82) is 0 Å². The quantitative estimate of drug-likeness (QED) is 0.601. The molecule has 0 saturated heterocycles. The fraction of sp³-hybridized carbons (Fsp3) is 0.538. The Balaban J connectivity index is 1.98. The standard InChI is InChI=1S/C13H19NS/c14-12-9-5-6-10-13(12)15-11-7-3-1-2-4-8-11/h5-6,9-11H,1-4,7-8,14H2. The third kappa shape index (κ3) is 3.16. The zero-order valence-electron chi connectivity index (χ0n) is 9.11. The minimum atomic E-state index is 0.789. The van der Waals surface area contributed by atoms with Gasteiger partial charge in [0.15, 0.2) is 0 Å². The monoisotopic (exact) mass is 221 g/mol. The molecular formula is C13H19NS. The molecule has 0 radical (unpaired) electrons. The first-order valence-corrected chi connectivity index (χ1v) is 6.75. The Morgan fingerprint density at radius 3 is 2.33 bits per heavy atom. The van der Waals surface area contributed by atoms with Crippen molar-refractivity contribution in [2.45, 2.75) is 48.7 Å². The Morgan fingerprint density at radius 2 is 1.67 bits per heavy atom. The van der Waals surface area contributed by atoms with E-state index in [-0.39, 0.29) is 0 Å². The Kier molecular flexibility index (Phi) is 3.95. The van der Waals surface area contributed by atoms with Crippen LogP contribution in [0.2, 0.25) is 0 Å². The molecule has 1 fully saturated rings. The van der Waals surface area contributed by atoms with Crippen LogP contribution >= 0.6 is 11.8 Å². The minimum absolute atomic E-state index is 0.789. The lowest BCUT2D eigenvalue weighted by Gasteiger charge is -2.14. The van der Waals surface area contributed by atoms with Crippen molar-refractivity contribution >= 4 is 17.4 Å². The third-order valence-corrected chi connectivity index (χ3v) is 4.45. The van der Waals surface area contributed by atoms with Gasteiger partial charge in [-0.25, -0.2) is 0 Å². The molecule has 0 atom stereocenters. The van der Waals surface area contributed by atoms with E-state index in [0.717, 1.165) is 10.9 Å². The summed E-state index contributed by atoms with van der Waals surface area (Å²) >= 11 is 1.98. The molecular weight excluding hydrogens is 202 g/mol. The maximum atomic E-state index is 5.96. The summed E-state index contributed by atoms with van der Waals surface area (Å²) in [5, 5.41) is 0.789. The van der Waals surface area contributed by atoms with Crippen LogP contribution < -0.4 is 5.73 Å². The molecule has 1 aromatic carbocycles. The van der Waals surface area contributed by atoms with Crippen LogP contribution in [0, 0.1) is 0 Å². The first-order chi connectivity index (χ1) is 7.36. The third-order valence-electron chi connectivity index (χ3n) is 3.01. The van der Waals surface area contributed by atoms with Gasteiger partial charge in [0.1, 0.15) is 0 Å². The molecule has 0 heterocycles. The van der Waals surface area contributed by atoms with E-state index in [2.05, 4.69) is 12.1 Å². The molecule has 1 aromatic rings. The zero-order chi connectivity index (χ0) is 10.5. The highest BCUT2D eigenvalue weighted by atomic mass is 32.2. The van der Waals surface area contributed by atoms with Crippen LogP contribution in [0.4, 0.5) is 5.69 Å². The molecule has 0 unspecified atom stereocenters. The van der Waals surface area contributed by atoms with Gasteiger partial charge in [-0.3, -0.25) is 0 Å². The van der Waals surface area contributed by atoms with Crippen LogP contribution in [0.3, 0.4) is 0 Å². The molecule has 15 heavy (non-hydrogen) atoms. The fourth-order valence-corrected chi connectivity index (χ4v) is 3.42. The largest absolute Gasteiger partial charge is 0.398 e. The normalized spacial score (nSPS) is 18.7. The minimum Gasteiger partial charge on any atom is -0.398 e. The van der Waals surface area contributed by atoms with Crippen molar-refractivity contribution in [3.05, 3.63) is 24.3 Å². The van der Waals surface area contributed by atoms with Crippen molar-refractivity contribution in [3.8, 4) is 0 Å². The molecule has 2 N–H and O–H groups in total. The molecule has 1 saturated carbocycles. The van der Waals surface area contributed by atoms with E-state index in [1.165, 1.54) is 43.4 Å². The SMILES string of the molecule is Nc1ccccc1SC1CCCCCC1. The lowest BCUT2D eigenvalue weighted by molar-refractivity contribution is 0.702. The molecule has 1 aliphatic rings. The summed E-state index contributed by atoms with van der Waals surface area (Å²) in [5.41, 5.74) is 6.89. The second kappa shape index (κ2) is 5.45. The molecule has 0 aliphatic heterocycles. The summed E-state index contributed by atoms with van der Waals surface area (Å²) in [5.74, 6) is 0. The number of nitrogen functional groups attached to an aromatic ring is 1. The van der Waals surface area contributed by atoms with Gasteiger partial charge in [-0.2, -0.15) is 0 Å². The fourth-order valence-electron chi connectivity index (χ4n) is 2.13. The molecule has 2 heteroatoms. The zero-order valence-corrected chi connectivity index (χ0v) is 9.93. The number of hydrogen-bond acceptors (Lipinski definition) is 2. The first kappa shape index (κ1) is 10.9. The predicted molar refractivity (Wildman–Crippen MR) is 68.2 cm³/mol. The highest BCUT2D eigenvalue weighted by molar-refractivity contribution is 8.00. The van der Waals surface area contributed by atoms with E-state index in [1.807, 2.05) is 23.9 Å². The highest BCUT2D eigenvalue weighted by Gasteiger charge is 2.14. The Hall–Kier alpha value is -0.630. The van der Waals surface area contributed by atoms with Crippen molar-refractivity contribution < 1.29 is 0 Å². The summed E-state index contributed by atoms with van der Waals surface area (Å²) in [6.45, 7) is 0. The second-order valence-corrected chi connectivity index (χ2v) is 5.61. The van der Waals surface area contributed by atoms with E-state index in [4.69, 9.17) is 5.73 Å². The van der Waals surface area contributed by atoms with Gasteiger partial charge in [0.25, 0.3) is 0 Å². The van der Waals surface area contributed by atoms with E-state index in [1.54, 1.807) is 0 Å². The Bertz CT molecular complexity index is 303. The molecule has 0 spiro atoms. The summed E-state index contributed by atoms with van der Waals surface area (Å²) in [6.07, 6.45) is 8.34. The maximum absolute atomic E-state index is 5.96. The van der Waals surface area contributed by atoms with Gasteiger partial charge in [-0.15, -0.1) is 11.8 Å². The smallest absolute Gasteiger partial charge is 0.0452 e. The van der Waals surface area contributed by atoms with Crippen LogP contribution in [-0.2, 0) is 0 Å². The van der Waals surface area contributed by atoms with E-state index in [9.17, 15) is 0 Å². The first-order valence-electron chi connectivity index (χ1n) is 5.87. The van der Waals surface area contributed by atoms with Crippen molar-refractivity contribution in [2.24, 2.45) is 0 Å². The number of rotatable bonds is 2. The van der Waals surface area contributed by atoms with Gasteiger partial charge in [0.05, 0.1) is 0 Å². The number of hydrogen-bond donors (Lipinski definition) is 1. The van der Waals surface area contributed by atoms with Crippen molar-refractivity contribution in [2.75, 3.05) is 5.73 Å². The number of anilines is 1. The van der Waals surface area contributed by atoms with E-state index in [0.29, 0.717) is 0 Å². The van der Waals surface area contributed by atoms with Crippen LogP contribution in [0.1, 0.15) is 38.5 Å². The average Bonchev–Trinajstić information content (AvgIpc) is 2.50. The van der Waals surface area contributed by atoms with Gasteiger partial charge < -0.3 is 5.73 Å². The van der Waals surface area contributed by atoms with Gasteiger partial charge in [0, 0.05) is 15.8 Å². The summed E-state index contributed by atoms with van der Waals surface area (Å²) in [7, 11) is 0. The van der Waals surface area contributed by atoms with Crippen molar-refractivity contribution in [1.82, 2.24) is 0 Å².